The van der Waals surface area contributed by atoms with Crippen molar-refractivity contribution >= 4 is 17.5 Å². The van der Waals surface area contributed by atoms with E-state index in [4.69, 9.17) is 5.26 Å². The summed E-state index contributed by atoms with van der Waals surface area (Å²) in [5.74, 6) is 1.05. The molecule has 1 aliphatic rings. The highest BCUT2D eigenvalue weighted by Gasteiger charge is 2.21. The van der Waals surface area contributed by atoms with Gasteiger partial charge in [0.1, 0.15) is 0 Å². The number of carbonyl (C=O) groups excluding carboxylic acids is 1. The van der Waals surface area contributed by atoms with Crippen molar-refractivity contribution in [1.29, 1.82) is 5.26 Å². The van der Waals surface area contributed by atoms with Gasteiger partial charge in [-0.2, -0.15) is 5.26 Å². The van der Waals surface area contributed by atoms with Gasteiger partial charge in [0.15, 0.2) is 0 Å². The average molecular weight is 397 g/mol. The highest BCUT2D eigenvalue weighted by molar-refractivity contribution is 6.03. The SMILES string of the molecule is N#Cc1cccc(NC(=O)c2cnc(N3CCC(Cc4ccccc4)CC3)nc2)c1. The van der Waals surface area contributed by atoms with E-state index >= 15 is 0 Å². The number of hydrogen-bond acceptors (Lipinski definition) is 5. The van der Waals surface area contributed by atoms with E-state index in [1.54, 1.807) is 36.7 Å². The first-order valence-corrected chi connectivity index (χ1v) is 10.1. The first kappa shape index (κ1) is 19.6. The number of nitrogens with one attached hydrogen (secondary N) is 1. The molecule has 0 unspecified atom stereocenters. The molecule has 1 saturated heterocycles. The normalized spacial score (nSPS) is 14.2. The highest BCUT2D eigenvalue weighted by Crippen LogP contribution is 2.24. The fourth-order valence-electron chi connectivity index (χ4n) is 3.76. The molecule has 0 saturated carbocycles. The molecule has 1 fully saturated rings. The Morgan fingerprint density at radius 1 is 1.07 bits per heavy atom. The van der Waals surface area contributed by atoms with Crippen molar-refractivity contribution in [2.45, 2.75) is 19.3 Å². The average Bonchev–Trinajstić information content (AvgIpc) is 2.80. The standard InChI is InChI=1S/C24H23N5O/c25-15-20-7-4-8-22(14-20)28-23(30)21-16-26-24(27-17-21)29-11-9-19(10-12-29)13-18-5-2-1-3-6-18/h1-8,14,16-17,19H,9-13H2,(H,28,30). The molecule has 0 aliphatic carbocycles. The van der Waals surface area contributed by atoms with Gasteiger partial charge in [0.25, 0.3) is 5.91 Å². The third-order valence-corrected chi connectivity index (χ3v) is 5.41. The Bertz CT molecular complexity index is 1040. The van der Waals surface area contributed by atoms with Gasteiger partial charge in [0.05, 0.1) is 17.2 Å². The van der Waals surface area contributed by atoms with Crippen LogP contribution in [0.25, 0.3) is 0 Å². The predicted octanol–water partition coefficient (Wildman–Crippen LogP) is 4.06. The van der Waals surface area contributed by atoms with Crippen LogP contribution in [0.3, 0.4) is 0 Å². The second-order valence-corrected chi connectivity index (χ2v) is 7.54. The number of piperidine rings is 1. The van der Waals surface area contributed by atoms with Crippen LogP contribution in [0.4, 0.5) is 11.6 Å². The maximum atomic E-state index is 12.4. The molecule has 2 heterocycles. The summed E-state index contributed by atoms with van der Waals surface area (Å²) in [4.78, 5) is 23.4. The van der Waals surface area contributed by atoms with Gasteiger partial charge in [-0.15, -0.1) is 0 Å². The molecule has 1 N–H and O–H groups in total. The van der Waals surface area contributed by atoms with Crippen LogP contribution in [0.5, 0.6) is 0 Å². The van der Waals surface area contributed by atoms with Gasteiger partial charge in [-0.25, -0.2) is 9.97 Å². The van der Waals surface area contributed by atoms with Gasteiger partial charge < -0.3 is 10.2 Å². The highest BCUT2D eigenvalue weighted by atomic mass is 16.1. The number of hydrogen-bond donors (Lipinski definition) is 1. The molecule has 0 bridgehead atoms. The molecule has 1 amide bonds. The van der Waals surface area contributed by atoms with E-state index < -0.39 is 0 Å². The van der Waals surface area contributed by atoms with E-state index in [1.807, 2.05) is 0 Å². The first-order chi connectivity index (χ1) is 14.7. The lowest BCUT2D eigenvalue weighted by Gasteiger charge is -2.32. The molecule has 6 heteroatoms. The molecule has 150 valence electrons. The van der Waals surface area contributed by atoms with E-state index in [1.165, 1.54) is 5.56 Å². The smallest absolute Gasteiger partial charge is 0.258 e. The number of amides is 1. The minimum atomic E-state index is -0.293. The van der Waals surface area contributed by atoms with Crippen molar-refractivity contribution in [2.24, 2.45) is 5.92 Å². The van der Waals surface area contributed by atoms with E-state index in [0.717, 1.165) is 32.4 Å². The predicted molar refractivity (Wildman–Crippen MR) is 116 cm³/mol. The molecule has 0 atom stereocenters. The fourth-order valence-corrected chi connectivity index (χ4v) is 3.76. The summed E-state index contributed by atoms with van der Waals surface area (Å²) in [6.45, 7) is 1.84. The van der Waals surface area contributed by atoms with Crippen LogP contribution < -0.4 is 10.2 Å². The zero-order valence-corrected chi connectivity index (χ0v) is 16.7. The lowest BCUT2D eigenvalue weighted by atomic mass is 9.90. The maximum Gasteiger partial charge on any atom is 0.258 e. The number of aromatic nitrogens is 2. The molecule has 30 heavy (non-hydrogen) atoms. The Kier molecular flexibility index (Phi) is 6.00. The number of rotatable bonds is 5. The van der Waals surface area contributed by atoms with Crippen LogP contribution in [0.2, 0.25) is 0 Å². The van der Waals surface area contributed by atoms with Gasteiger partial charge >= 0.3 is 0 Å². The summed E-state index contributed by atoms with van der Waals surface area (Å²) in [5, 5.41) is 11.7. The van der Waals surface area contributed by atoms with Crippen LogP contribution in [-0.4, -0.2) is 29.0 Å². The van der Waals surface area contributed by atoms with Crippen molar-refractivity contribution in [1.82, 2.24) is 9.97 Å². The molecule has 4 rings (SSSR count). The lowest BCUT2D eigenvalue weighted by molar-refractivity contribution is 0.102. The second-order valence-electron chi connectivity index (χ2n) is 7.54. The topological polar surface area (TPSA) is 81.9 Å². The van der Waals surface area contributed by atoms with E-state index in [9.17, 15) is 4.79 Å². The number of nitrogens with zero attached hydrogens (tertiary/aromatic N) is 4. The van der Waals surface area contributed by atoms with Crippen molar-refractivity contribution in [3.63, 3.8) is 0 Å². The minimum absolute atomic E-state index is 0.293. The molecule has 3 aromatic rings. The molecular formula is C24H23N5O. The summed E-state index contributed by atoms with van der Waals surface area (Å²) in [6, 6.07) is 19.5. The number of benzene rings is 2. The van der Waals surface area contributed by atoms with Crippen molar-refractivity contribution in [3.05, 3.63) is 83.7 Å². The molecule has 0 radical (unpaired) electrons. The summed E-state index contributed by atoms with van der Waals surface area (Å²) in [6.07, 6.45) is 6.44. The second kappa shape index (κ2) is 9.19. The van der Waals surface area contributed by atoms with Crippen molar-refractivity contribution < 1.29 is 4.79 Å². The first-order valence-electron chi connectivity index (χ1n) is 10.1. The van der Waals surface area contributed by atoms with Gasteiger partial charge in [-0.3, -0.25) is 4.79 Å². The van der Waals surface area contributed by atoms with Gasteiger partial charge in [0, 0.05) is 31.2 Å². The Morgan fingerprint density at radius 2 is 1.80 bits per heavy atom. The molecule has 1 aliphatic heterocycles. The molecular weight excluding hydrogens is 374 g/mol. The van der Waals surface area contributed by atoms with Gasteiger partial charge in [-0.1, -0.05) is 36.4 Å². The number of nitriles is 1. The van der Waals surface area contributed by atoms with Crippen LogP contribution in [0, 0.1) is 17.2 Å². The van der Waals surface area contributed by atoms with Gasteiger partial charge in [-0.05, 0) is 48.9 Å². The third-order valence-electron chi connectivity index (χ3n) is 5.41. The van der Waals surface area contributed by atoms with Crippen LogP contribution in [0.1, 0.15) is 34.3 Å². The molecule has 6 nitrogen and oxygen atoms in total. The van der Waals surface area contributed by atoms with Crippen LogP contribution in [-0.2, 0) is 6.42 Å². The summed E-state index contributed by atoms with van der Waals surface area (Å²) in [7, 11) is 0. The summed E-state index contributed by atoms with van der Waals surface area (Å²) >= 11 is 0. The lowest BCUT2D eigenvalue weighted by Crippen LogP contribution is -2.35. The molecule has 1 aromatic heterocycles. The van der Waals surface area contributed by atoms with E-state index in [2.05, 4.69) is 56.6 Å². The Labute approximate surface area is 176 Å². The summed E-state index contributed by atoms with van der Waals surface area (Å²) < 4.78 is 0. The number of carbonyl (C=O) groups is 1. The van der Waals surface area contributed by atoms with E-state index in [0.29, 0.717) is 28.7 Å². The van der Waals surface area contributed by atoms with E-state index in [-0.39, 0.29) is 5.91 Å². The van der Waals surface area contributed by atoms with Crippen molar-refractivity contribution in [2.75, 3.05) is 23.3 Å². The Balaban J connectivity index is 1.32. The third kappa shape index (κ3) is 4.81. The molecule has 2 aromatic carbocycles. The zero-order chi connectivity index (χ0) is 20.8. The monoisotopic (exact) mass is 397 g/mol. The Morgan fingerprint density at radius 3 is 2.50 bits per heavy atom. The van der Waals surface area contributed by atoms with Crippen LogP contribution in [0.15, 0.2) is 67.0 Å². The van der Waals surface area contributed by atoms with Crippen LogP contribution >= 0.6 is 0 Å². The minimum Gasteiger partial charge on any atom is -0.341 e. The largest absolute Gasteiger partial charge is 0.341 e. The van der Waals surface area contributed by atoms with Crippen molar-refractivity contribution in [3.8, 4) is 6.07 Å². The Hall–Kier alpha value is -3.72. The fraction of sp³-hybridized carbons (Fsp3) is 0.250. The molecule has 0 spiro atoms. The van der Waals surface area contributed by atoms with Gasteiger partial charge in [0.2, 0.25) is 5.95 Å². The quantitative estimate of drug-likeness (QED) is 0.702. The maximum absolute atomic E-state index is 12.4. The summed E-state index contributed by atoms with van der Waals surface area (Å²) in [5.41, 5.74) is 2.85. The zero-order valence-electron chi connectivity index (χ0n) is 16.7. The number of anilines is 2.